The van der Waals surface area contributed by atoms with Crippen LogP contribution in [0.2, 0.25) is 0 Å². The molecule has 1 aromatic heterocycles. The van der Waals surface area contributed by atoms with Crippen molar-refractivity contribution < 1.29 is 4.52 Å². The third-order valence-electron chi connectivity index (χ3n) is 3.68. The Hall–Kier alpha value is -2.37. The van der Waals surface area contributed by atoms with Crippen molar-refractivity contribution in [1.82, 2.24) is 20.8 Å². The molecule has 24 heavy (non-hydrogen) atoms. The molecule has 0 amide bonds. The number of aryl methyl sites for hydroxylation is 2. The first kappa shape index (κ1) is 18.0. The molecule has 1 heterocycles. The highest BCUT2D eigenvalue weighted by atomic mass is 16.5. The zero-order chi connectivity index (χ0) is 17.4. The van der Waals surface area contributed by atoms with Crippen molar-refractivity contribution in [3.8, 4) is 0 Å². The topological polar surface area (TPSA) is 75.3 Å². The summed E-state index contributed by atoms with van der Waals surface area (Å²) < 4.78 is 5.11. The van der Waals surface area contributed by atoms with Crippen LogP contribution in [0, 0.1) is 13.8 Å². The van der Waals surface area contributed by atoms with Gasteiger partial charge in [0.1, 0.15) is 0 Å². The lowest BCUT2D eigenvalue weighted by Gasteiger charge is -2.13. The minimum absolute atomic E-state index is 0.374. The molecule has 6 heteroatoms. The quantitative estimate of drug-likeness (QED) is 0.603. The predicted octanol–water partition coefficient (Wildman–Crippen LogP) is 2.59. The monoisotopic (exact) mass is 329 g/mol. The van der Waals surface area contributed by atoms with Gasteiger partial charge >= 0.3 is 0 Å². The van der Waals surface area contributed by atoms with E-state index in [4.69, 9.17) is 4.52 Å². The zero-order valence-corrected chi connectivity index (χ0v) is 15.0. The van der Waals surface area contributed by atoms with E-state index in [1.165, 1.54) is 11.1 Å². The maximum Gasteiger partial charge on any atom is 0.228 e. The average Bonchev–Trinajstić information content (AvgIpc) is 2.97. The Morgan fingerprint density at radius 1 is 1.29 bits per heavy atom. The van der Waals surface area contributed by atoms with Crippen LogP contribution in [0.3, 0.4) is 0 Å². The van der Waals surface area contributed by atoms with Crippen molar-refractivity contribution in [3.05, 3.63) is 47.1 Å². The highest BCUT2D eigenvalue weighted by Crippen LogP contribution is 2.16. The fourth-order valence-electron chi connectivity index (χ4n) is 2.38. The van der Waals surface area contributed by atoms with Crippen molar-refractivity contribution in [2.24, 2.45) is 4.99 Å². The summed E-state index contributed by atoms with van der Waals surface area (Å²) >= 11 is 0. The number of nitrogens with zero attached hydrogens (tertiary/aromatic N) is 3. The number of guanidine groups is 1. The van der Waals surface area contributed by atoms with Crippen LogP contribution >= 0.6 is 0 Å². The fraction of sp³-hybridized carbons (Fsp3) is 0.500. The Balaban J connectivity index is 1.87. The van der Waals surface area contributed by atoms with Crippen LogP contribution in [0.5, 0.6) is 0 Å². The van der Waals surface area contributed by atoms with Crippen LogP contribution in [-0.2, 0) is 6.42 Å². The number of benzene rings is 1. The van der Waals surface area contributed by atoms with Gasteiger partial charge in [-0.05, 0) is 26.3 Å². The van der Waals surface area contributed by atoms with Gasteiger partial charge in [0.2, 0.25) is 5.89 Å². The molecule has 0 radical (unpaired) electrons. The minimum atomic E-state index is 0.374. The molecule has 0 aliphatic rings. The predicted molar refractivity (Wildman–Crippen MR) is 96.3 cm³/mol. The van der Waals surface area contributed by atoms with Gasteiger partial charge in [0.15, 0.2) is 11.8 Å². The van der Waals surface area contributed by atoms with Crippen LogP contribution in [0.1, 0.15) is 42.6 Å². The second kappa shape index (κ2) is 9.05. The molecule has 0 saturated carbocycles. The van der Waals surface area contributed by atoms with E-state index in [0.717, 1.165) is 19.0 Å². The Bertz CT molecular complexity index is 665. The summed E-state index contributed by atoms with van der Waals surface area (Å²) in [7, 11) is 0. The maximum atomic E-state index is 5.11. The standard InChI is InChI=1S/C18H27N5O/c1-5-19-18(20-10-9-17-22-15(4)23-24-17)21-12-14(3)16-8-6-7-13(2)11-16/h6-8,11,14H,5,9-10,12H2,1-4H3,(H2,19,20,21). The molecule has 1 unspecified atom stereocenters. The van der Waals surface area contributed by atoms with Crippen LogP contribution in [0.25, 0.3) is 0 Å². The van der Waals surface area contributed by atoms with E-state index >= 15 is 0 Å². The maximum absolute atomic E-state index is 5.11. The summed E-state index contributed by atoms with van der Waals surface area (Å²) in [4.78, 5) is 8.88. The third-order valence-corrected chi connectivity index (χ3v) is 3.68. The summed E-state index contributed by atoms with van der Waals surface area (Å²) in [6, 6.07) is 8.59. The van der Waals surface area contributed by atoms with E-state index in [2.05, 4.69) is 70.8 Å². The fourth-order valence-corrected chi connectivity index (χ4v) is 2.38. The van der Waals surface area contributed by atoms with Crippen LogP contribution in [0.15, 0.2) is 33.8 Å². The largest absolute Gasteiger partial charge is 0.357 e. The molecule has 130 valence electrons. The highest BCUT2D eigenvalue weighted by molar-refractivity contribution is 5.79. The van der Waals surface area contributed by atoms with E-state index in [-0.39, 0.29) is 0 Å². The van der Waals surface area contributed by atoms with E-state index in [9.17, 15) is 0 Å². The SMILES string of the molecule is CCNC(=NCC(C)c1cccc(C)c1)NCCc1nc(C)no1. The highest BCUT2D eigenvalue weighted by Gasteiger charge is 2.07. The molecule has 6 nitrogen and oxygen atoms in total. The molecule has 2 N–H and O–H groups in total. The summed E-state index contributed by atoms with van der Waals surface area (Å²) in [6.45, 7) is 10.4. The first-order valence-corrected chi connectivity index (χ1v) is 8.46. The van der Waals surface area contributed by atoms with Gasteiger partial charge in [-0.25, -0.2) is 0 Å². The lowest BCUT2D eigenvalue weighted by molar-refractivity contribution is 0.374. The summed E-state index contributed by atoms with van der Waals surface area (Å²) in [6.07, 6.45) is 0.679. The second-order valence-corrected chi connectivity index (χ2v) is 5.95. The average molecular weight is 329 g/mol. The van der Waals surface area contributed by atoms with Gasteiger partial charge < -0.3 is 15.2 Å². The van der Waals surface area contributed by atoms with E-state index in [1.54, 1.807) is 0 Å². The molecule has 0 saturated heterocycles. The number of aliphatic imine (C=N–C) groups is 1. The molecule has 0 fully saturated rings. The molecular formula is C18H27N5O. The Kier molecular flexibility index (Phi) is 6.78. The van der Waals surface area contributed by atoms with Gasteiger partial charge in [-0.2, -0.15) is 4.98 Å². The van der Waals surface area contributed by atoms with Gasteiger partial charge in [0.25, 0.3) is 0 Å². The molecule has 0 aliphatic carbocycles. The number of aromatic nitrogens is 2. The molecule has 2 rings (SSSR count). The van der Waals surface area contributed by atoms with E-state index in [0.29, 0.717) is 30.6 Å². The Labute approximate surface area is 143 Å². The van der Waals surface area contributed by atoms with Gasteiger partial charge in [-0.1, -0.05) is 41.9 Å². The van der Waals surface area contributed by atoms with Crippen LogP contribution in [-0.4, -0.2) is 35.7 Å². The normalized spacial score (nSPS) is 12.9. The van der Waals surface area contributed by atoms with Crippen molar-refractivity contribution >= 4 is 5.96 Å². The summed E-state index contributed by atoms with van der Waals surface area (Å²) in [5.41, 5.74) is 2.60. The lowest BCUT2D eigenvalue weighted by Crippen LogP contribution is -2.38. The van der Waals surface area contributed by atoms with Crippen molar-refractivity contribution in [2.75, 3.05) is 19.6 Å². The van der Waals surface area contributed by atoms with Crippen molar-refractivity contribution in [3.63, 3.8) is 0 Å². The molecule has 1 atom stereocenters. The first-order valence-electron chi connectivity index (χ1n) is 8.46. The number of hydrogen-bond acceptors (Lipinski definition) is 4. The van der Waals surface area contributed by atoms with Gasteiger partial charge in [0, 0.05) is 32.0 Å². The molecule has 2 aromatic rings. The Morgan fingerprint density at radius 3 is 2.79 bits per heavy atom. The Morgan fingerprint density at radius 2 is 2.12 bits per heavy atom. The minimum Gasteiger partial charge on any atom is -0.357 e. The second-order valence-electron chi connectivity index (χ2n) is 5.95. The number of rotatable bonds is 7. The molecule has 0 bridgehead atoms. The first-order chi connectivity index (χ1) is 11.6. The van der Waals surface area contributed by atoms with Gasteiger partial charge in [-0.15, -0.1) is 0 Å². The van der Waals surface area contributed by atoms with E-state index < -0.39 is 0 Å². The summed E-state index contributed by atoms with van der Waals surface area (Å²) in [5.74, 6) is 2.49. The van der Waals surface area contributed by atoms with Crippen LogP contribution < -0.4 is 10.6 Å². The number of hydrogen-bond donors (Lipinski definition) is 2. The van der Waals surface area contributed by atoms with Gasteiger partial charge in [-0.3, -0.25) is 4.99 Å². The molecular weight excluding hydrogens is 302 g/mol. The summed E-state index contributed by atoms with van der Waals surface area (Å²) in [5, 5.41) is 10.4. The van der Waals surface area contributed by atoms with Gasteiger partial charge in [0.05, 0.1) is 0 Å². The third kappa shape index (κ3) is 5.68. The van der Waals surface area contributed by atoms with Crippen molar-refractivity contribution in [1.29, 1.82) is 0 Å². The van der Waals surface area contributed by atoms with Crippen LogP contribution in [0.4, 0.5) is 0 Å². The molecule has 0 spiro atoms. The molecule has 0 aliphatic heterocycles. The lowest BCUT2D eigenvalue weighted by atomic mass is 10.00. The number of nitrogens with one attached hydrogen (secondary N) is 2. The van der Waals surface area contributed by atoms with E-state index in [1.807, 2.05) is 6.92 Å². The molecule has 1 aromatic carbocycles. The zero-order valence-electron chi connectivity index (χ0n) is 15.0. The van der Waals surface area contributed by atoms with Crippen molar-refractivity contribution in [2.45, 2.75) is 40.0 Å². The smallest absolute Gasteiger partial charge is 0.228 e.